The van der Waals surface area contributed by atoms with Gasteiger partial charge < -0.3 is 19.3 Å². The lowest BCUT2D eigenvalue weighted by atomic mass is 9.90. The highest BCUT2D eigenvalue weighted by atomic mass is 16.6. The minimum atomic E-state index is -0.722. The van der Waals surface area contributed by atoms with Crippen LogP contribution < -0.4 is 0 Å². The molecule has 0 fully saturated rings. The van der Waals surface area contributed by atoms with Gasteiger partial charge in [0, 0.05) is 5.57 Å². The van der Waals surface area contributed by atoms with Crippen molar-refractivity contribution in [2.45, 2.75) is 115 Å². The zero-order chi connectivity index (χ0) is 29.5. The first-order valence-electron chi connectivity index (χ1n) is 12.5. The normalized spacial score (nSPS) is 11.6. The topological polar surface area (TPSA) is 116 Å². The molecule has 0 bridgehead atoms. The second-order valence-corrected chi connectivity index (χ2v) is 11.6. The van der Waals surface area contributed by atoms with Crippen LogP contribution >= 0.6 is 0 Å². The van der Waals surface area contributed by atoms with Crippen LogP contribution in [0.15, 0.2) is 12.2 Å². The van der Waals surface area contributed by atoms with E-state index in [4.69, 9.17) is 19.3 Å². The van der Waals surface area contributed by atoms with Crippen molar-refractivity contribution in [2.75, 3.05) is 13.2 Å². The number of carboxylic acids is 1. The van der Waals surface area contributed by atoms with Crippen LogP contribution in [0.4, 0.5) is 0 Å². The van der Waals surface area contributed by atoms with Crippen LogP contribution in [0.25, 0.3) is 0 Å². The van der Waals surface area contributed by atoms with Gasteiger partial charge >= 0.3 is 23.9 Å². The fourth-order valence-corrected chi connectivity index (χ4v) is 1.44. The molecule has 0 aliphatic heterocycles. The maximum atomic E-state index is 11.5. The zero-order valence-electron chi connectivity index (χ0n) is 25.0. The lowest BCUT2D eigenvalue weighted by Crippen LogP contribution is -2.33. The maximum Gasteiger partial charge on any atom is 0.333 e. The average molecular weight is 517 g/mol. The van der Waals surface area contributed by atoms with E-state index in [0.717, 1.165) is 6.42 Å². The Morgan fingerprint density at radius 1 is 0.667 bits per heavy atom. The molecule has 0 saturated heterocycles. The summed E-state index contributed by atoms with van der Waals surface area (Å²) in [7, 11) is 0. The highest BCUT2D eigenvalue weighted by Gasteiger charge is 2.30. The second kappa shape index (κ2) is 16.4. The van der Waals surface area contributed by atoms with Gasteiger partial charge in [0.1, 0.15) is 18.8 Å². The number of carbonyl (C=O) groups excluding carboxylic acids is 3. The highest BCUT2D eigenvalue weighted by Crippen LogP contribution is 2.24. The van der Waals surface area contributed by atoms with Crippen LogP contribution in [-0.2, 0) is 33.4 Å². The maximum absolute atomic E-state index is 11.5. The summed E-state index contributed by atoms with van der Waals surface area (Å²) in [6.45, 7) is 27.5. The molecule has 0 atom stereocenters. The van der Waals surface area contributed by atoms with Crippen LogP contribution in [0.2, 0.25) is 0 Å². The summed E-state index contributed by atoms with van der Waals surface area (Å²) in [5.41, 5.74) is -1.42. The highest BCUT2D eigenvalue weighted by molar-refractivity contribution is 5.86. The van der Waals surface area contributed by atoms with Crippen LogP contribution in [0.5, 0.6) is 0 Å². The smallest absolute Gasteiger partial charge is 0.333 e. The van der Waals surface area contributed by atoms with E-state index in [9.17, 15) is 19.2 Å². The van der Waals surface area contributed by atoms with Gasteiger partial charge in [0.15, 0.2) is 0 Å². The van der Waals surface area contributed by atoms with Gasteiger partial charge in [-0.1, -0.05) is 27.4 Å². The Morgan fingerprint density at radius 2 is 1.03 bits per heavy atom. The first kappa shape index (κ1) is 38.2. The Bertz CT molecular complexity index is 724. The van der Waals surface area contributed by atoms with Gasteiger partial charge in [0.2, 0.25) is 0 Å². The van der Waals surface area contributed by atoms with E-state index >= 15 is 0 Å². The van der Waals surface area contributed by atoms with Crippen molar-refractivity contribution in [3.05, 3.63) is 12.2 Å². The number of carboxylic acid groups (broad SMARTS) is 1. The summed E-state index contributed by atoms with van der Waals surface area (Å²) >= 11 is 0. The van der Waals surface area contributed by atoms with Crippen molar-refractivity contribution in [1.29, 1.82) is 0 Å². The summed E-state index contributed by atoms with van der Waals surface area (Å²) < 4.78 is 15.0. The minimum absolute atomic E-state index is 0.0667. The predicted octanol–water partition coefficient (Wildman–Crippen LogP) is 6.36. The molecule has 0 aromatic rings. The molecule has 36 heavy (non-hydrogen) atoms. The van der Waals surface area contributed by atoms with Crippen molar-refractivity contribution >= 4 is 23.9 Å². The number of rotatable bonds is 10. The Kier molecular flexibility index (Phi) is 17.4. The minimum Gasteiger partial charge on any atom is -0.481 e. The van der Waals surface area contributed by atoms with Gasteiger partial charge in [0.25, 0.3) is 0 Å². The van der Waals surface area contributed by atoms with Crippen molar-refractivity contribution < 1.29 is 38.5 Å². The van der Waals surface area contributed by atoms with Crippen LogP contribution in [-0.4, -0.2) is 47.8 Å². The van der Waals surface area contributed by atoms with Gasteiger partial charge in [-0.3, -0.25) is 14.4 Å². The molecule has 0 radical (unpaired) electrons. The number of aliphatic carboxylic acids is 1. The molecular formula is C28H52O8. The van der Waals surface area contributed by atoms with E-state index in [1.165, 1.54) is 0 Å². The molecule has 212 valence electrons. The third kappa shape index (κ3) is 18.0. The molecule has 0 aliphatic rings. The van der Waals surface area contributed by atoms with Gasteiger partial charge in [-0.25, -0.2) is 4.79 Å². The molecule has 0 saturated carbocycles. The van der Waals surface area contributed by atoms with Crippen LogP contribution in [0.3, 0.4) is 0 Å². The molecule has 0 aromatic carbocycles. The van der Waals surface area contributed by atoms with Crippen molar-refractivity contribution in [3.8, 4) is 0 Å². The van der Waals surface area contributed by atoms with Crippen molar-refractivity contribution in [3.63, 3.8) is 0 Å². The number of esters is 3. The van der Waals surface area contributed by atoms with Crippen LogP contribution in [0.1, 0.15) is 109 Å². The molecule has 0 aromatic heterocycles. The summed E-state index contributed by atoms with van der Waals surface area (Å²) in [5, 5.41) is 8.44. The van der Waals surface area contributed by atoms with Crippen molar-refractivity contribution in [1.82, 2.24) is 0 Å². The Morgan fingerprint density at radius 3 is 1.31 bits per heavy atom. The summed E-state index contributed by atoms with van der Waals surface area (Å²) in [6, 6.07) is 0. The van der Waals surface area contributed by atoms with Crippen molar-refractivity contribution in [2.24, 2.45) is 16.2 Å². The number of ether oxygens (including phenoxy) is 3. The summed E-state index contributed by atoms with van der Waals surface area (Å²) in [5.74, 6) is -1.58. The zero-order valence-corrected chi connectivity index (χ0v) is 25.0. The predicted molar refractivity (Wildman–Crippen MR) is 142 cm³/mol. The molecule has 0 amide bonds. The number of hydrogen-bond donors (Lipinski definition) is 1. The fourth-order valence-electron chi connectivity index (χ4n) is 1.44. The van der Waals surface area contributed by atoms with E-state index in [-0.39, 0.29) is 36.2 Å². The van der Waals surface area contributed by atoms with E-state index in [1.807, 2.05) is 69.2 Å². The first-order valence-corrected chi connectivity index (χ1v) is 12.5. The Hall–Kier alpha value is -2.38. The largest absolute Gasteiger partial charge is 0.481 e. The number of hydrogen-bond acceptors (Lipinski definition) is 7. The third-order valence-corrected chi connectivity index (χ3v) is 5.63. The molecule has 8 nitrogen and oxygen atoms in total. The lowest BCUT2D eigenvalue weighted by molar-refractivity contribution is -0.165. The second-order valence-electron chi connectivity index (χ2n) is 11.6. The lowest BCUT2D eigenvalue weighted by Gasteiger charge is -2.27. The molecule has 0 heterocycles. The molecule has 0 unspecified atom stereocenters. The van der Waals surface area contributed by atoms with E-state index in [0.29, 0.717) is 18.4 Å². The van der Waals surface area contributed by atoms with E-state index in [2.05, 4.69) is 6.58 Å². The third-order valence-electron chi connectivity index (χ3n) is 5.63. The first-order chi connectivity index (χ1) is 16.0. The van der Waals surface area contributed by atoms with Gasteiger partial charge in [-0.05, 0) is 88.5 Å². The molecule has 1 N–H and O–H groups in total. The fraction of sp³-hybridized carbons (Fsp3) is 0.786. The standard InChI is InChI=1S/C12H20O4.C10H20O2.C6H12O2/c1-6-12(4,5)11(14)16-8-7-15-10(13)9(2)3;1-7-10(5,6)8(11)12-9(2,3)4;1-4-6(2,3)5(7)8/h2,6-8H2,1,3-5H3;7H2,1-6H3;4H2,1-3H3,(H,7,8). The van der Waals surface area contributed by atoms with Gasteiger partial charge in [0.05, 0.1) is 16.2 Å². The summed E-state index contributed by atoms with van der Waals surface area (Å²) in [4.78, 5) is 44.2. The Balaban J connectivity index is -0.000000481. The monoisotopic (exact) mass is 516 g/mol. The van der Waals surface area contributed by atoms with Crippen LogP contribution in [0, 0.1) is 16.2 Å². The SMILES string of the molecule is C=C(C)C(=O)OCCOC(=O)C(C)(C)CC.CCC(C)(C)C(=O)O.CCC(C)(C)C(=O)OC(C)(C)C. The quantitative estimate of drug-likeness (QED) is 0.154. The van der Waals surface area contributed by atoms with E-state index < -0.39 is 22.8 Å². The van der Waals surface area contributed by atoms with Gasteiger partial charge in [-0.15, -0.1) is 0 Å². The molecule has 8 heteroatoms. The number of carbonyl (C=O) groups is 4. The molecular weight excluding hydrogens is 464 g/mol. The molecule has 0 spiro atoms. The van der Waals surface area contributed by atoms with E-state index in [1.54, 1.807) is 20.8 Å². The average Bonchev–Trinajstić information content (AvgIpc) is 2.75. The molecule has 0 rings (SSSR count). The molecule has 0 aliphatic carbocycles. The summed E-state index contributed by atoms with van der Waals surface area (Å²) in [6.07, 6.45) is 2.20. The van der Waals surface area contributed by atoms with Gasteiger partial charge in [-0.2, -0.15) is 0 Å². The Labute approximate surface area is 219 Å².